The van der Waals surface area contributed by atoms with E-state index in [9.17, 15) is 22.8 Å². The molecule has 0 aliphatic rings. The van der Waals surface area contributed by atoms with Crippen LogP contribution in [-0.2, 0) is 14.8 Å². The second-order valence-electron chi connectivity index (χ2n) is 7.91. The Balaban J connectivity index is 2.05. The smallest absolute Gasteiger partial charge is 0.269 e. The summed E-state index contributed by atoms with van der Waals surface area (Å²) in [6.07, 6.45) is 0. The van der Waals surface area contributed by atoms with Crippen molar-refractivity contribution in [2.75, 3.05) is 20.7 Å². The highest BCUT2D eigenvalue weighted by Gasteiger charge is 2.25. The first kappa shape index (κ1) is 26.8. The van der Waals surface area contributed by atoms with Crippen molar-refractivity contribution in [3.63, 3.8) is 0 Å². The molecule has 0 unspecified atom stereocenters. The van der Waals surface area contributed by atoms with Crippen molar-refractivity contribution < 1.29 is 27.5 Å². The molecule has 2 rings (SSSR count). The molecule has 11 heteroatoms. The molecule has 0 bridgehead atoms. The van der Waals surface area contributed by atoms with Crippen LogP contribution in [0.1, 0.15) is 41.5 Å². The van der Waals surface area contributed by atoms with Gasteiger partial charge < -0.3 is 10.1 Å². The molecule has 0 aromatic heterocycles. The van der Waals surface area contributed by atoms with E-state index in [0.29, 0.717) is 17.9 Å². The van der Waals surface area contributed by atoms with E-state index in [2.05, 4.69) is 16.2 Å². The molecule has 2 aromatic carbocycles. The average molecular weight is 491 g/mol. The highest BCUT2D eigenvalue weighted by atomic mass is 32.2. The fourth-order valence-electron chi connectivity index (χ4n) is 2.91. The van der Waals surface area contributed by atoms with Gasteiger partial charge in [0, 0.05) is 25.2 Å². The summed E-state index contributed by atoms with van der Waals surface area (Å²) < 4.78 is 31.0. The highest BCUT2D eigenvalue weighted by molar-refractivity contribution is 7.89. The summed E-state index contributed by atoms with van der Waals surface area (Å²) in [7, 11) is -0.954. The summed E-state index contributed by atoms with van der Waals surface area (Å²) in [6.45, 7) is 5.86. The average Bonchev–Trinajstić information content (AvgIpc) is 2.81. The summed E-state index contributed by atoms with van der Waals surface area (Å²) in [6, 6.07) is 11.0. The van der Waals surface area contributed by atoms with Crippen molar-refractivity contribution in [1.29, 1.82) is 0 Å². The predicted octanol–water partition coefficient (Wildman–Crippen LogP) is 1.55. The minimum Gasteiger partial charge on any atom is -0.494 e. The standard InChI is InChI=1S/C23H30N4O6S/c1-6-33-18-12-10-16(11-13-18)21(28)24-20(15(2)3)23(30)26-25-22(29)17-8-7-9-19(14-17)34(31,32)27(4)5/h7-15,20H,6H2,1-5H3,(H,24,28)(H,25,29)(H,26,30)/t20-/m0/s1. The SMILES string of the molecule is CCOc1ccc(C(=O)N[C@H](C(=O)NNC(=O)c2cccc(S(=O)(=O)N(C)C)c2)C(C)C)cc1. The van der Waals surface area contributed by atoms with E-state index < -0.39 is 33.8 Å². The van der Waals surface area contributed by atoms with Crippen molar-refractivity contribution in [2.45, 2.75) is 31.7 Å². The Morgan fingerprint density at radius 3 is 2.15 bits per heavy atom. The maximum absolute atomic E-state index is 12.7. The third-order valence-electron chi connectivity index (χ3n) is 4.84. The number of carbonyl (C=O) groups excluding carboxylic acids is 3. The van der Waals surface area contributed by atoms with Crippen LogP contribution in [0.25, 0.3) is 0 Å². The fourth-order valence-corrected chi connectivity index (χ4v) is 3.85. The van der Waals surface area contributed by atoms with Gasteiger partial charge in [0.2, 0.25) is 10.0 Å². The largest absolute Gasteiger partial charge is 0.494 e. The molecule has 10 nitrogen and oxygen atoms in total. The number of ether oxygens (including phenoxy) is 1. The molecule has 1 atom stereocenters. The minimum atomic E-state index is -3.72. The first-order valence-electron chi connectivity index (χ1n) is 10.6. The van der Waals surface area contributed by atoms with Crippen molar-refractivity contribution in [3.05, 3.63) is 59.7 Å². The van der Waals surface area contributed by atoms with Gasteiger partial charge in [-0.1, -0.05) is 19.9 Å². The molecule has 0 radical (unpaired) electrons. The van der Waals surface area contributed by atoms with Crippen LogP contribution < -0.4 is 20.9 Å². The lowest BCUT2D eigenvalue weighted by Gasteiger charge is -2.22. The summed E-state index contributed by atoms with van der Waals surface area (Å²) in [4.78, 5) is 37.7. The first-order valence-corrected chi connectivity index (χ1v) is 12.1. The molecule has 0 heterocycles. The predicted molar refractivity (Wildman–Crippen MR) is 127 cm³/mol. The zero-order chi connectivity index (χ0) is 25.5. The molecule has 184 valence electrons. The summed E-state index contributed by atoms with van der Waals surface area (Å²) in [5.41, 5.74) is 4.95. The van der Waals surface area contributed by atoms with Crippen molar-refractivity contribution in [2.24, 2.45) is 5.92 Å². The number of nitrogens with zero attached hydrogens (tertiary/aromatic N) is 1. The van der Waals surface area contributed by atoms with Crippen LogP contribution in [0.15, 0.2) is 53.4 Å². The van der Waals surface area contributed by atoms with E-state index in [1.54, 1.807) is 38.1 Å². The topological polar surface area (TPSA) is 134 Å². The molecular weight excluding hydrogens is 460 g/mol. The highest BCUT2D eigenvalue weighted by Crippen LogP contribution is 2.15. The monoisotopic (exact) mass is 490 g/mol. The zero-order valence-electron chi connectivity index (χ0n) is 19.8. The normalized spacial score (nSPS) is 12.2. The van der Waals surface area contributed by atoms with Crippen LogP contribution in [0.2, 0.25) is 0 Å². The van der Waals surface area contributed by atoms with Gasteiger partial charge in [0.1, 0.15) is 11.8 Å². The lowest BCUT2D eigenvalue weighted by molar-refractivity contribution is -0.124. The number of sulfonamides is 1. The Kier molecular flexibility index (Phi) is 9.16. The molecule has 0 aliphatic carbocycles. The number of benzene rings is 2. The van der Waals surface area contributed by atoms with Gasteiger partial charge in [0.15, 0.2) is 0 Å². The summed E-state index contributed by atoms with van der Waals surface area (Å²) >= 11 is 0. The van der Waals surface area contributed by atoms with Gasteiger partial charge in [0.25, 0.3) is 17.7 Å². The molecule has 0 saturated heterocycles. The van der Waals surface area contributed by atoms with Gasteiger partial charge in [-0.05, 0) is 55.3 Å². The number of amides is 3. The molecule has 0 fully saturated rings. The van der Waals surface area contributed by atoms with Crippen LogP contribution >= 0.6 is 0 Å². The Labute approximate surface area is 199 Å². The van der Waals surface area contributed by atoms with Crippen LogP contribution in [0.3, 0.4) is 0 Å². The van der Waals surface area contributed by atoms with E-state index in [4.69, 9.17) is 4.74 Å². The van der Waals surface area contributed by atoms with Gasteiger partial charge in [-0.15, -0.1) is 0 Å². The summed E-state index contributed by atoms with van der Waals surface area (Å²) in [5.74, 6) is -1.44. The van der Waals surface area contributed by atoms with Crippen LogP contribution in [0, 0.1) is 5.92 Å². The first-order chi connectivity index (χ1) is 16.0. The molecule has 34 heavy (non-hydrogen) atoms. The lowest BCUT2D eigenvalue weighted by atomic mass is 10.0. The summed E-state index contributed by atoms with van der Waals surface area (Å²) in [5, 5.41) is 2.66. The molecular formula is C23H30N4O6S. The van der Waals surface area contributed by atoms with Gasteiger partial charge >= 0.3 is 0 Å². The second-order valence-corrected chi connectivity index (χ2v) is 10.1. The number of hydrogen-bond acceptors (Lipinski definition) is 6. The Morgan fingerprint density at radius 2 is 1.59 bits per heavy atom. The minimum absolute atomic E-state index is 0.0442. The number of carbonyl (C=O) groups is 3. The van der Waals surface area contributed by atoms with Crippen LogP contribution in [-0.4, -0.2) is 57.2 Å². The molecule has 2 aromatic rings. The van der Waals surface area contributed by atoms with E-state index >= 15 is 0 Å². The van der Waals surface area contributed by atoms with E-state index in [1.165, 1.54) is 38.4 Å². The van der Waals surface area contributed by atoms with Gasteiger partial charge in [-0.2, -0.15) is 0 Å². The molecule has 3 N–H and O–H groups in total. The van der Waals surface area contributed by atoms with Gasteiger partial charge in [-0.25, -0.2) is 12.7 Å². The molecule has 0 aliphatic heterocycles. The van der Waals surface area contributed by atoms with E-state index in [1.807, 2.05) is 6.92 Å². The van der Waals surface area contributed by atoms with Crippen LogP contribution in [0.5, 0.6) is 5.75 Å². The Morgan fingerprint density at radius 1 is 0.941 bits per heavy atom. The molecule has 3 amide bonds. The fraction of sp³-hybridized carbons (Fsp3) is 0.348. The Hall–Kier alpha value is -3.44. The Bertz CT molecular complexity index is 1130. The van der Waals surface area contributed by atoms with Crippen molar-refractivity contribution >= 4 is 27.7 Å². The number of nitrogens with one attached hydrogen (secondary N) is 3. The number of rotatable bonds is 9. The van der Waals surface area contributed by atoms with Crippen molar-refractivity contribution in [3.8, 4) is 5.75 Å². The van der Waals surface area contributed by atoms with Gasteiger partial charge in [0.05, 0.1) is 11.5 Å². The van der Waals surface area contributed by atoms with E-state index in [-0.39, 0.29) is 16.4 Å². The van der Waals surface area contributed by atoms with Gasteiger partial charge in [-0.3, -0.25) is 25.2 Å². The maximum Gasteiger partial charge on any atom is 0.269 e. The zero-order valence-corrected chi connectivity index (χ0v) is 20.6. The quantitative estimate of drug-likeness (QED) is 0.457. The number of hydrogen-bond donors (Lipinski definition) is 3. The van der Waals surface area contributed by atoms with E-state index in [0.717, 1.165) is 4.31 Å². The third-order valence-corrected chi connectivity index (χ3v) is 6.65. The lowest BCUT2D eigenvalue weighted by Crippen LogP contribution is -2.54. The third kappa shape index (κ3) is 6.78. The number of hydrazine groups is 1. The van der Waals surface area contributed by atoms with Crippen molar-refractivity contribution in [1.82, 2.24) is 20.5 Å². The second kappa shape index (κ2) is 11.6. The molecule has 0 spiro atoms. The molecule has 0 saturated carbocycles. The maximum atomic E-state index is 12.7. The van der Waals surface area contributed by atoms with Crippen LogP contribution in [0.4, 0.5) is 0 Å².